The molecule has 0 aromatic heterocycles. The van der Waals surface area contributed by atoms with Crippen LogP contribution in [0.25, 0.3) is 0 Å². The Labute approximate surface area is 240 Å². The number of hydrogen-bond acceptors (Lipinski definition) is 6. The second kappa shape index (κ2) is 20.5. The highest BCUT2D eigenvalue weighted by Gasteiger charge is 2.13. The number of unbranched alkanes of at least 4 members (excludes halogenated alkanes) is 12. The normalized spacial score (nSPS) is 11.0. The van der Waals surface area contributed by atoms with Gasteiger partial charge in [0, 0.05) is 6.42 Å². The molecule has 0 fully saturated rings. The van der Waals surface area contributed by atoms with E-state index >= 15 is 0 Å². The van der Waals surface area contributed by atoms with Crippen LogP contribution in [0.1, 0.15) is 120 Å². The Hall–Kier alpha value is -3.35. The first-order valence-electron chi connectivity index (χ1n) is 15.0. The van der Waals surface area contributed by atoms with E-state index in [1.54, 1.807) is 48.7 Å². The van der Waals surface area contributed by atoms with Crippen LogP contribution in [0.4, 0.5) is 0 Å². The summed E-state index contributed by atoms with van der Waals surface area (Å²) in [6.07, 6.45) is 18.6. The molecule has 220 valence electrons. The van der Waals surface area contributed by atoms with Crippen LogP contribution in [0.3, 0.4) is 0 Å². The van der Waals surface area contributed by atoms with Gasteiger partial charge in [0.05, 0.1) is 25.5 Å². The first kappa shape index (κ1) is 32.9. The molecule has 0 aliphatic rings. The quantitative estimate of drug-likeness (QED) is 0.0554. The number of nitrogens with zero attached hydrogens (tertiary/aromatic N) is 1. The van der Waals surface area contributed by atoms with Gasteiger partial charge in [-0.15, -0.1) is 0 Å². The van der Waals surface area contributed by atoms with Crippen molar-refractivity contribution in [2.24, 2.45) is 5.10 Å². The highest BCUT2D eigenvalue weighted by Crippen LogP contribution is 2.28. The van der Waals surface area contributed by atoms with Gasteiger partial charge in [-0.05, 0) is 61.4 Å². The largest absolute Gasteiger partial charge is 0.494 e. The van der Waals surface area contributed by atoms with Gasteiger partial charge >= 0.3 is 5.97 Å². The summed E-state index contributed by atoms with van der Waals surface area (Å²) in [5.41, 5.74) is 3.70. The van der Waals surface area contributed by atoms with Gasteiger partial charge in [-0.1, -0.05) is 84.0 Å². The summed E-state index contributed by atoms with van der Waals surface area (Å²) >= 11 is 0. The SMILES string of the molecule is CCCCCCCCCCCCCCCC(=O)N/N=C\c1ccc(OC(=O)c2ccc(OCC)cc2)c(OC)c1. The standard InChI is InChI=1S/C33H48N2O5/c1-4-6-7-8-9-10-11-12-13-14-15-16-17-18-32(36)35-34-26-27-19-24-30(31(25-27)38-3)40-33(37)28-20-22-29(23-21-28)39-5-2/h19-26H,4-18H2,1-3H3,(H,35,36)/b34-26-. The van der Waals surface area contributed by atoms with E-state index in [1.807, 2.05) is 6.92 Å². The molecule has 0 aliphatic heterocycles. The Kier molecular flexibility index (Phi) is 16.9. The van der Waals surface area contributed by atoms with Crippen molar-refractivity contribution in [2.45, 2.75) is 104 Å². The molecule has 0 saturated heterocycles. The molecule has 0 aliphatic carbocycles. The van der Waals surface area contributed by atoms with Crippen molar-refractivity contribution in [3.63, 3.8) is 0 Å². The molecule has 7 heteroatoms. The average Bonchev–Trinajstić information content (AvgIpc) is 2.96. The lowest BCUT2D eigenvalue weighted by Crippen LogP contribution is -2.16. The van der Waals surface area contributed by atoms with Crippen molar-refractivity contribution in [3.8, 4) is 17.2 Å². The van der Waals surface area contributed by atoms with E-state index in [4.69, 9.17) is 14.2 Å². The zero-order valence-corrected chi connectivity index (χ0v) is 24.7. The first-order valence-corrected chi connectivity index (χ1v) is 15.0. The molecule has 1 amide bonds. The fourth-order valence-electron chi connectivity index (χ4n) is 4.40. The zero-order valence-electron chi connectivity index (χ0n) is 24.7. The summed E-state index contributed by atoms with van der Waals surface area (Å²) in [5, 5.41) is 4.06. The Bertz CT molecular complexity index is 1020. The molecule has 7 nitrogen and oxygen atoms in total. The number of esters is 1. The molecule has 1 N–H and O–H groups in total. The van der Waals surface area contributed by atoms with Gasteiger partial charge in [0.1, 0.15) is 5.75 Å². The van der Waals surface area contributed by atoms with Crippen LogP contribution in [0.5, 0.6) is 17.2 Å². The summed E-state index contributed by atoms with van der Waals surface area (Å²) in [7, 11) is 1.50. The molecule has 2 rings (SSSR count). The number of ether oxygens (including phenoxy) is 3. The van der Waals surface area contributed by atoms with Crippen LogP contribution >= 0.6 is 0 Å². The number of carbonyl (C=O) groups excluding carboxylic acids is 2. The lowest BCUT2D eigenvalue weighted by molar-refractivity contribution is -0.121. The van der Waals surface area contributed by atoms with Crippen LogP contribution < -0.4 is 19.6 Å². The topological polar surface area (TPSA) is 86.2 Å². The van der Waals surface area contributed by atoms with Gasteiger partial charge in [0.15, 0.2) is 11.5 Å². The Morgan fingerprint density at radius 1 is 0.775 bits per heavy atom. The second-order valence-corrected chi connectivity index (χ2v) is 10.0. The molecule has 0 saturated carbocycles. The molecular weight excluding hydrogens is 504 g/mol. The van der Waals surface area contributed by atoms with Crippen LogP contribution in [-0.2, 0) is 4.79 Å². The van der Waals surface area contributed by atoms with Gasteiger partial charge in [-0.3, -0.25) is 4.79 Å². The van der Waals surface area contributed by atoms with Crippen LogP contribution in [-0.4, -0.2) is 31.8 Å². The monoisotopic (exact) mass is 552 g/mol. The van der Waals surface area contributed by atoms with Crippen LogP contribution in [0, 0.1) is 0 Å². The summed E-state index contributed by atoms with van der Waals surface area (Å²) in [5.74, 6) is 0.790. The van der Waals surface area contributed by atoms with E-state index in [2.05, 4.69) is 17.5 Å². The van der Waals surface area contributed by atoms with Crippen molar-refractivity contribution in [3.05, 3.63) is 53.6 Å². The number of hydrazone groups is 1. The van der Waals surface area contributed by atoms with Crippen molar-refractivity contribution >= 4 is 18.1 Å². The molecule has 0 unspecified atom stereocenters. The molecule has 40 heavy (non-hydrogen) atoms. The molecular formula is C33H48N2O5. The number of rotatable bonds is 21. The fourth-order valence-corrected chi connectivity index (χ4v) is 4.40. The molecule has 2 aromatic carbocycles. The van der Waals surface area contributed by atoms with Crippen molar-refractivity contribution < 1.29 is 23.8 Å². The van der Waals surface area contributed by atoms with Gasteiger partial charge in [-0.2, -0.15) is 5.10 Å². The van der Waals surface area contributed by atoms with E-state index in [1.165, 1.54) is 77.7 Å². The minimum absolute atomic E-state index is 0.0906. The number of carbonyl (C=O) groups is 2. The van der Waals surface area contributed by atoms with Crippen LogP contribution in [0.2, 0.25) is 0 Å². The zero-order chi connectivity index (χ0) is 28.8. The molecule has 0 heterocycles. The van der Waals surface area contributed by atoms with E-state index in [-0.39, 0.29) is 5.91 Å². The predicted molar refractivity (Wildman–Crippen MR) is 162 cm³/mol. The predicted octanol–water partition coefficient (Wildman–Crippen LogP) is 8.24. The molecule has 0 spiro atoms. The maximum absolute atomic E-state index is 12.5. The summed E-state index contributed by atoms with van der Waals surface area (Å²) in [6.45, 7) is 4.71. The highest BCUT2D eigenvalue weighted by molar-refractivity contribution is 5.91. The number of benzene rings is 2. The number of nitrogens with one attached hydrogen (secondary N) is 1. The third kappa shape index (κ3) is 13.6. The minimum Gasteiger partial charge on any atom is -0.494 e. The van der Waals surface area contributed by atoms with Gasteiger partial charge < -0.3 is 14.2 Å². The van der Waals surface area contributed by atoms with E-state index in [0.717, 1.165) is 12.8 Å². The molecule has 2 aromatic rings. The van der Waals surface area contributed by atoms with Crippen LogP contribution in [0.15, 0.2) is 47.6 Å². The lowest BCUT2D eigenvalue weighted by Gasteiger charge is -2.10. The summed E-state index contributed by atoms with van der Waals surface area (Å²) in [6, 6.07) is 11.8. The van der Waals surface area contributed by atoms with E-state index in [0.29, 0.717) is 41.4 Å². The fraction of sp³-hybridized carbons (Fsp3) is 0.545. The maximum Gasteiger partial charge on any atom is 0.343 e. The number of methoxy groups -OCH3 is 1. The van der Waals surface area contributed by atoms with E-state index in [9.17, 15) is 9.59 Å². The third-order valence-electron chi connectivity index (χ3n) is 6.70. The Morgan fingerprint density at radius 2 is 1.38 bits per heavy atom. The van der Waals surface area contributed by atoms with Gasteiger partial charge in [0.25, 0.3) is 0 Å². The molecule has 0 radical (unpaired) electrons. The van der Waals surface area contributed by atoms with Gasteiger partial charge in [-0.25, -0.2) is 10.2 Å². The number of hydrogen-bond donors (Lipinski definition) is 1. The Balaban J connectivity index is 1.63. The highest BCUT2D eigenvalue weighted by atomic mass is 16.6. The Morgan fingerprint density at radius 3 is 1.95 bits per heavy atom. The maximum atomic E-state index is 12.5. The van der Waals surface area contributed by atoms with Crippen molar-refractivity contribution in [1.29, 1.82) is 0 Å². The second-order valence-electron chi connectivity index (χ2n) is 10.0. The lowest BCUT2D eigenvalue weighted by atomic mass is 10.0. The van der Waals surface area contributed by atoms with Gasteiger partial charge in [0.2, 0.25) is 5.91 Å². The van der Waals surface area contributed by atoms with E-state index < -0.39 is 5.97 Å². The average molecular weight is 553 g/mol. The third-order valence-corrected chi connectivity index (χ3v) is 6.70. The first-order chi connectivity index (χ1) is 19.6. The number of amides is 1. The molecule has 0 atom stereocenters. The summed E-state index contributed by atoms with van der Waals surface area (Å²) < 4.78 is 16.3. The van der Waals surface area contributed by atoms with Crippen molar-refractivity contribution in [2.75, 3.05) is 13.7 Å². The minimum atomic E-state index is -0.497. The molecule has 0 bridgehead atoms. The summed E-state index contributed by atoms with van der Waals surface area (Å²) in [4.78, 5) is 24.6. The van der Waals surface area contributed by atoms with Crippen molar-refractivity contribution in [1.82, 2.24) is 5.43 Å². The smallest absolute Gasteiger partial charge is 0.343 e.